The smallest absolute Gasteiger partial charge is 0.138 e. The Labute approximate surface area is 179 Å². The maximum Gasteiger partial charge on any atom is 0.138 e. The molecule has 0 saturated carbocycles. The summed E-state index contributed by atoms with van der Waals surface area (Å²) < 4.78 is 17.2. The predicted molar refractivity (Wildman–Crippen MR) is 120 cm³/mol. The van der Waals surface area contributed by atoms with E-state index in [1.54, 1.807) is 12.3 Å². The van der Waals surface area contributed by atoms with Gasteiger partial charge in [-0.2, -0.15) is 0 Å². The topological polar surface area (TPSA) is 44.0 Å². The molecule has 0 aliphatic carbocycles. The van der Waals surface area contributed by atoms with Gasteiger partial charge in [0.1, 0.15) is 11.6 Å². The normalized spacial score (nSPS) is 11.4. The van der Waals surface area contributed by atoms with Gasteiger partial charge in [0.2, 0.25) is 0 Å². The van der Waals surface area contributed by atoms with Crippen LogP contribution in [0.2, 0.25) is 0 Å². The lowest BCUT2D eigenvalue weighted by atomic mass is 10.0. The van der Waals surface area contributed by atoms with Crippen LogP contribution >= 0.6 is 28.7 Å². The molecule has 7 heteroatoms. The van der Waals surface area contributed by atoms with E-state index in [1.807, 2.05) is 6.07 Å². The number of halogens is 2. The highest BCUT2D eigenvalue weighted by Gasteiger charge is 2.10. The largest absolute Gasteiger partial charge is 0.338 e. The van der Waals surface area contributed by atoms with Crippen LogP contribution in [0.25, 0.3) is 22.6 Å². The van der Waals surface area contributed by atoms with Crippen molar-refractivity contribution in [2.75, 3.05) is 26.7 Å². The molecule has 1 heterocycles. The van der Waals surface area contributed by atoms with Crippen LogP contribution in [-0.4, -0.2) is 41.5 Å². The molecule has 0 fully saturated rings. The third kappa shape index (κ3) is 5.23. The van der Waals surface area contributed by atoms with Gasteiger partial charge in [0.05, 0.1) is 16.4 Å². The lowest BCUT2D eigenvalue weighted by molar-refractivity contribution is 0.345. The van der Waals surface area contributed by atoms with Crippen LogP contribution in [0.3, 0.4) is 0 Å². The number of aryl methyl sites for hydroxylation is 1. The molecule has 0 saturated heterocycles. The molecule has 0 atom stereocenters. The Kier molecular flexibility index (Phi) is 7.29. The number of thiol groups is 1. The molecule has 1 aromatic heterocycles. The SMILES string of the molecule is Cc1ccc(-c2ncc(-c3ccc(Br)c(F)c3)[nH]2)cc1CCN(C)CCNS. The van der Waals surface area contributed by atoms with Crippen LogP contribution in [0, 0.1) is 12.7 Å². The monoisotopic (exact) mass is 462 g/mol. The molecule has 0 aliphatic rings. The fourth-order valence-electron chi connectivity index (χ4n) is 3.03. The highest BCUT2D eigenvalue weighted by molar-refractivity contribution is 9.10. The van der Waals surface area contributed by atoms with Crippen molar-refractivity contribution in [2.24, 2.45) is 0 Å². The van der Waals surface area contributed by atoms with E-state index in [0.29, 0.717) is 4.47 Å². The van der Waals surface area contributed by atoms with Crippen molar-refractivity contribution in [2.45, 2.75) is 13.3 Å². The van der Waals surface area contributed by atoms with Gasteiger partial charge in [-0.15, -0.1) is 0 Å². The van der Waals surface area contributed by atoms with E-state index in [9.17, 15) is 4.39 Å². The zero-order chi connectivity index (χ0) is 20.1. The van der Waals surface area contributed by atoms with Crippen LogP contribution in [0.5, 0.6) is 0 Å². The minimum absolute atomic E-state index is 0.288. The first-order chi connectivity index (χ1) is 13.5. The van der Waals surface area contributed by atoms with Crippen LogP contribution < -0.4 is 4.72 Å². The number of H-pyrrole nitrogens is 1. The van der Waals surface area contributed by atoms with E-state index in [2.05, 4.69) is 80.5 Å². The number of rotatable bonds is 8. The molecule has 2 aromatic carbocycles. The average Bonchev–Trinajstić information content (AvgIpc) is 3.18. The van der Waals surface area contributed by atoms with Crippen molar-refractivity contribution < 1.29 is 4.39 Å². The second-order valence-corrected chi connectivity index (χ2v) is 8.05. The summed E-state index contributed by atoms with van der Waals surface area (Å²) in [7, 11) is 2.11. The molecule has 0 unspecified atom stereocenters. The summed E-state index contributed by atoms with van der Waals surface area (Å²) in [6, 6.07) is 11.4. The zero-order valence-corrected chi connectivity index (χ0v) is 18.4. The van der Waals surface area contributed by atoms with E-state index in [1.165, 1.54) is 17.2 Å². The molecule has 3 rings (SSSR count). The van der Waals surface area contributed by atoms with Crippen molar-refractivity contribution >= 4 is 28.7 Å². The molecule has 0 spiro atoms. The summed E-state index contributed by atoms with van der Waals surface area (Å²) in [5.41, 5.74) is 5.17. The number of likely N-dealkylation sites (N-methyl/N-ethyl adjacent to an activating group) is 1. The fourth-order valence-corrected chi connectivity index (χ4v) is 3.38. The number of benzene rings is 2. The van der Waals surface area contributed by atoms with Gasteiger partial charge in [-0.1, -0.05) is 31.0 Å². The number of hydrogen-bond donors (Lipinski definition) is 3. The first-order valence-electron chi connectivity index (χ1n) is 9.13. The number of nitrogens with one attached hydrogen (secondary N) is 2. The van der Waals surface area contributed by atoms with E-state index in [0.717, 1.165) is 48.7 Å². The van der Waals surface area contributed by atoms with Crippen molar-refractivity contribution in [1.29, 1.82) is 0 Å². The van der Waals surface area contributed by atoms with Crippen molar-refractivity contribution in [3.63, 3.8) is 0 Å². The van der Waals surface area contributed by atoms with Crippen molar-refractivity contribution in [3.05, 3.63) is 64.0 Å². The minimum atomic E-state index is -0.288. The summed E-state index contributed by atoms with van der Waals surface area (Å²) >= 11 is 7.22. The molecular weight excluding hydrogens is 439 g/mol. The second-order valence-electron chi connectivity index (χ2n) is 6.88. The first-order valence-corrected chi connectivity index (χ1v) is 10.4. The lowest BCUT2D eigenvalue weighted by Crippen LogP contribution is -2.27. The van der Waals surface area contributed by atoms with Crippen molar-refractivity contribution in [3.8, 4) is 22.6 Å². The van der Waals surface area contributed by atoms with E-state index >= 15 is 0 Å². The number of aromatic amines is 1. The third-order valence-corrected chi connectivity index (χ3v) is 5.66. The Morgan fingerprint density at radius 2 is 1.96 bits per heavy atom. The highest BCUT2D eigenvalue weighted by atomic mass is 79.9. The highest BCUT2D eigenvalue weighted by Crippen LogP contribution is 2.26. The maximum absolute atomic E-state index is 13.8. The molecule has 0 radical (unpaired) electrons. The Balaban J connectivity index is 1.77. The Morgan fingerprint density at radius 1 is 1.18 bits per heavy atom. The summed E-state index contributed by atoms with van der Waals surface area (Å²) in [6.45, 7) is 4.91. The van der Waals surface area contributed by atoms with Gasteiger partial charge in [-0.05, 0) is 65.6 Å². The third-order valence-electron chi connectivity index (χ3n) is 4.80. The van der Waals surface area contributed by atoms with Crippen LogP contribution in [0.15, 0.2) is 47.1 Å². The maximum atomic E-state index is 13.8. The predicted octanol–water partition coefficient (Wildman–Crippen LogP) is 4.86. The Morgan fingerprint density at radius 3 is 2.71 bits per heavy atom. The van der Waals surface area contributed by atoms with E-state index in [-0.39, 0.29) is 5.82 Å². The van der Waals surface area contributed by atoms with Gasteiger partial charge >= 0.3 is 0 Å². The molecule has 2 N–H and O–H groups in total. The molecule has 0 amide bonds. The second kappa shape index (κ2) is 9.69. The number of imidazole rings is 1. The van der Waals surface area contributed by atoms with Gasteiger partial charge in [-0.25, -0.2) is 9.37 Å². The summed E-state index contributed by atoms with van der Waals surface area (Å²) in [4.78, 5) is 10.1. The Hall–Kier alpha value is -1.67. The van der Waals surface area contributed by atoms with Crippen LogP contribution in [0.1, 0.15) is 11.1 Å². The quantitative estimate of drug-likeness (QED) is 0.418. The van der Waals surface area contributed by atoms with Gasteiger partial charge in [0.25, 0.3) is 0 Å². The number of aromatic nitrogens is 2. The van der Waals surface area contributed by atoms with Crippen molar-refractivity contribution in [1.82, 2.24) is 19.6 Å². The van der Waals surface area contributed by atoms with Crippen LogP contribution in [0.4, 0.5) is 4.39 Å². The molecular formula is C21H24BrFN4S. The minimum Gasteiger partial charge on any atom is -0.338 e. The summed E-state index contributed by atoms with van der Waals surface area (Å²) in [5.74, 6) is 0.496. The molecule has 148 valence electrons. The zero-order valence-electron chi connectivity index (χ0n) is 16.0. The fraction of sp³-hybridized carbons (Fsp3) is 0.286. The van der Waals surface area contributed by atoms with Crippen LogP contribution in [-0.2, 0) is 6.42 Å². The van der Waals surface area contributed by atoms with Gasteiger partial charge in [0.15, 0.2) is 0 Å². The average molecular weight is 463 g/mol. The standard InChI is InChI=1S/C21H24BrFN4S/c1-14-3-4-17(11-15(14)7-9-27(2)10-8-25-28)21-24-13-20(26-21)16-5-6-18(22)19(23)12-16/h3-6,11-13,25,28H,7-10H2,1-2H3,(H,24,26). The molecule has 0 bridgehead atoms. The first kappa shape index (κ1) is 21.0. The molecule has 28 heavy (non-hydrogen) atoms. The van der Waals surface area contributed by atoms with E-state index in [4.69, 9.17) is 0 Å². The molecule has 0 aliphatic heterocycles. The molecule has 4 nitrogen and oxygen atoms in total. The Bertz CT molecular complexity index is 944. The summed E-state index contributed by atoms with van der Waals surface area (Å²) in [6.07, 6.45) is 2.71. The summed E-state index contributed by atoms with van der Waals surface area (Å²) in [5, 5.41) is 0. The number of nitrogens with zero attached hydrogens (tertiary/aromatic N) is 2. The lowest BCUT2D eigenvalue weighted by Gasteiger charge is -2.17. The van der Waals surface area contributed by atoms with E-state index < -0.39 is 0 Å². The van der Waals surface area contributed by atoms with Gasteiger partial charge < -0.3 is 9.88 Å². The molecule has 3 aromatic rings. The number of hydrogen-bond acceptors (Lipinski definition) is 4. The van der Waals surface area contributed by atoms with Gasteiger partial charge in [-0.3, -0.25) is 4.72 Å². The van der Waals surface area contributed by atoms with Gasteiger partial charge in [0, 0.05) is 30.8 Å².